The number of hydrogen-bond acceptors (Lipinski definition) is 9. The Bertz CT molecular complexity index is 1400. The van der Waals surface area contributed by atoms with Gasteiger partial charge in [0.1, 0.15) is 11.6 Å². The number of pyridine rings is 3. The van der Waals surface area contributed by atoms with E-state index in [9.17, 15) is 4.79 Å². The number of fused-ring (bicyclic) bond motifs is 1. The molecule has 0 saturated carbocycles. The lowest BCUT2D eigenvalue weighted by Gasteiger charge is -2.33. The van der Waals surface area contributed by atoms with Crippen molar-refractivity contribution in [2.45, 2.75) is 20.3 Å². The second-order valence-electron chi connectivity index (χ2n) is 9.32. The highest BCUT2D eigenvalue weighted by molar-refractivity contribution is 5.98. The minimum absolute atomic E-state index is 0.0199. The monoisotopic (exact) mass is 496 g/mol. The van der Waals surface area contributed by atoms with Crippen LogP contribution in [-0.4, -0.2) is 81.9 Å². The maximum atomic E-state index is 13.2. The van der Waals surface area contributed by atoms with E-state index in [-0.39, 0.29) is 12.2 Å². The second kappa shape index (κ2) is 11.0. The number of likely N-dealkylation sites (N-methyl/N-ethyl adjacent to an activating group) is 1. The fourth-order valence-corrected chi connectivity index (χ4v) is 4.58. The Morgan fingerprint density at radius 1 is 0.946 bits per heavy atom. The Labute approximate surface area is 217 Å². The smallest absolute Gasteiger partial charge is 0.169 e. The summed E-state index contributed by atoms with van der Waals surface area (Å²) in [6.07, 6.45) is 8.99. The molecule has 1 fully saturated rings. The fourth-order valence-electron chi connectivity index (χ4n) is 4.58. The molecular formula is C28H32N8O. The van der Waals surface area contributed by atoms with Crippen LogP contribution in [0.15, 0.2) is 55.2 Å². The molecule has 0 aromatic carbocycles. The molecule has 4 aromatic heterocycles. The van der Waals surface area contributed by atoms with Gasteiger partial charge in [0, 0.05) is 73.9 Å². The fraction of sp³-hybridized carbons (Fsp3) is 0.357. The van der Waals surface area contributed by atoms with E-state index in [1.54, 1.807) is 37.1 Å². The topological polar surface area (TPSA) is 91.2 Å². The number of piperazine rings is 1. The number of rotatable bonds is 8. The number of carbonyl (C=O) groups excluding carboxylic acids is 1. The van der Waals surface area contributed by atoms with Crippen LogP contribution in [0.3, 0.4) is 0 Å². The second-order valence-corrected chi connectivity index (χ2v) is 9.32. The van der Waals surface area contributed by atoms with E-state index >= 15 is 0 Å². The summed E-state index contributed by atoms with van der Waals surface area (Å²) in [6, 6.07) is 7.65. The number of ketones is 1. The van der Waals surface area contributed by atoms with Gasteiger partial charge in [-0.05, 0) is 45.2 Å². The quantitative estimate of drug-likeness (QED) is 0.340. The summed E-state index contributed by atoms with van der Waals surface area (Å²) in [5.41, 5.74) is 3.78. The first-order valence-corrected chi connectivity index (χ1v) is 12.8. The third kappa shape index (κ3) is 5.56. The third-order valence-corrected chi connectivity index (χ3v) is 6.87. The zero-order valence-electron chi connectivity index (χ0n) is 21.6. The summed E-state index contributed by atoms with van der Waals surface area (Å²) in [5, 5.41) is 0.915. The molecule has 0 N–H and O–H groups in total. The first kappa shape index (κ1) is 24.7. The van der Waals surface area contributed by atoms with Crippen molar-refractivity contribution in [3.8, 4) is 11.3 Å². The molecule has 37 heavy (non-hydrogen) atoms. The van der Waals surface area contributed by atoms with Gasteiger partial charge in [-0.3, -0.25) is 19.7 Å². The van der Waals surface area contributed by atoms with E-state index in [0.29, 0.717) is 11.3 Å². The summed E-state index contributed by atoms with van der Waals surface area (Å²) >= 11 is 0. The van der Waals surface area contributed by atoms with Crippen LogP contribution >= 0.6 is 0 Å². The van der Waals surface area contributed by atoms with Crippen molar-refractivity contribution in [2.75, 3.05) is 56.1 Å². The number of carbonyl (C=O) groups is 1. The summed E-state index contributed by atoms with van der Waals surface area (Å²) < 4.78 is 0. The summed E-state index contributed by atoms with van der Waals surface area (Å²) in [5.74, 6) is 1.72. The zero-order valence-corrected chi connectivity index (χ0v) is 21.6. The van der Waals surface area contributed by atoms with Crippen molar-refractivity contribution < 1.29 is 4.79 Å². The number of Topliss-reactive ketones (excluding diaryl/α,β-unsaturated/α-hetero) is 1. The van der Waals surface area contributed by atoms with E-state index in [0.717, 1.165) is 73.1 Å². The molecule has 0 bridgehead atoms. The van der Waals surface area contributed by atoms with Gasteiger partial charge in [-0.25, -0.2) is 9.97 Å². The molecule has 0 atom stereocenters. The van der Waals surface area contributed by atoms with Crippen LogP contribution in [0.1, 0.15) is 29.9 Å². The zero-order chi connectivity index (χ0) is 25.8. The van der Waals surface area contributed by atoms with Gasteiger partial charge < -0.3 is 14.7 Å². The van der Waals surface area contributed by atoms with E-state index in [2.05, 4.69) is 55.5 Å². The Morgan fingerprint density at radius 2 is 1.76 bits per heavy atom. The number of nitrogens with zero attached hydrogens (tertiary/aromatic N) is 8. The van der Waals surface area contributed by atoms with Crippen molar-refractivity contribution in [1.29, 1.82) is 0 Å². The molecule has 9 nitrogen and oxygen atoms in total. The predicted octanol–water partition coefficient (Wildman–Crippen LogP) is 3.51. The average Bonchev–Trinajstić information content (AvgIpc) is 2.94. The standard InChI is InChI=1S/C28H32N8O/c1-4-35(5-2)28-19-29-17-25(33-28)22-12-21-13-23(31-18-24(21)32-16-22)15-26(37)20-6-7-30-27(14-20)36-10-8-34(3)9-11-36/h6-7,12-14,16-19H,4-5,8-11,15H2,1-3H3. The Balaban J connectivity index is 1.36. The van der Waals surface area contributed by atoms with Crippen LogP contribution in [0.25, 0.3) is 22.2 Å². The Kier molecular flexibility index (Phi) is 7.32. The highest BCUT2D eigenvalue weighted by atomic mass is 16.1. The van der Waals surface area contributed by atoms with Gasteiger partial charge in [0.15, 0.2) is 5.78 Å². The molecule has 0 amide bonds. The molecule has 0 unspecified atom stereocenters. The van der Waals surface area contributed by atoms with E-state index in [4.69, 9.17) is 4.98 Å². The highest BCUT2D eigenvalue weighted by Crippen LogP contribution is 2.23. The SMILES string of the molecule is CCN(CC)c1cncc(-c2cnc3cnc(CC(=O)c4ccnc(N5CCN(C)CC5)c4)cc3c2)n1. The first-order valence-electron chi connectivity index (χ1n) is 12.8. The minimum atomic E-state index is 0.0199. The molecule has 1 saturated heterocycles. The van der Waals surface area contributed by atoms with E-state index < -0.39 is 0 Å². The van der Waals surface area contributed by atoms with Gasteiger partial charge in [-0.1, -0.05) is 0 Å². The normalized spacial score (nSPS) is 14.2. The van der Waals surface area contributed by atoms with E-state index in [1.165, 1.54) is 0 Å². The lowest BCUT2D eigenvalue weighted by Crippen LogP contribution is -2.44. The van der Waals surface area contributed by atoms with Crippen molar-refractivity contribution in [3.05, 3.63) is 66.5 Å². The summed E-state index contributed by atoms with van der Waals surface area (Å²) in [6.45, 7) is 9.72. The molecular weight excluding hydrogens is 464 g/mol. The van der Waals surface area contributed by atoms with Gasteiger partial charge in [0.2, 0.25) is 0 Å². The summed E-state index contributed by atoms with van der Waals surface area (Å²) in [4.78, 5) is 42.6. The van der Waals surface area contributed by atoms with Crippen LogP contribution in [0.2, 0.25) is 0 Å². The molecule has 0 radical (unpaired) electrons. The highest BCUT2D eigenvalue weighted by Gasteiger charge is 2.17. The molecule has 9 heteroatoms. The van der Waals surface area contributed by atoms with Gasteiger partial charge in [-0.15, -0.1) is 0 Å². The molecule has 1 aliphatic rings. The van der Waals surface area contributed by atoms with Crippen molar-refractivity contribution in [2.24, 2.45) is 0 Å². The number of hydrogen-bond donors (Lipinski definition) is 0. The van der Waals surface area contributed by atoms with Gasteiger partial charge >= 0.3 is 0 Å². The minimum Gasteiger partial charge on any atom is -0.356 e. The Morgan fingerprint density at radius 3 is 2.54 bits per heavy atom. The van der Waals surface area contributed by atoms with Crippen LogP contribution in [0.4, 0.5) is 11.6 Å². The van der Waals surface area contributed by atoms with Crippen molar-refractivity contribution >= 4 is 28.3 Å². The lowest BCUT2D eigenvalue weighted by molar-refractivity contribution is 0.0992. The first-order chi connectivity index (χ1) is 18.0. The van der Waals surface area contributed by atoms with Crippen LogP contribution in [-0.2, 0) is 6.42 Å². The lowest BCUT2D eigenvalue weighted by atomic mass is 10.1. The largest absolute Gasteiger partial charge is 0.356 e. The Hall–Kier alpha value is -3.98. The number of aromatic nitrogens is 5. The van der Waals surface area contributed by atoms with Crippen LogP contribution in [0, 0.1) is 0 Å². The predicted molar refractivity (Wildman–Crippen MR) is 146 cm³/mol. The van der Waals surface area contributed by atoms with E-state index in [1.807, 2.05) is 18.2 Å². The number of anilines is 2. The summed E-state index contributed by atoms with van der Waals surface area (Å²) in [7, 11) is 2.12. The maximum Gasteiger partial charge on any atom is 0.169 e. The van der Waals surface area contributed by atoms with Crippen LogP contribution < -0.4 is 9.80 Å². The molecule has 5 rings (SSSR count). The maximum absolute atomic E-state index is 13.2. The molecule has 5 heterocycles. The van der Waals surface area contributed by atoms with Crippen LogP contribution in [0.5, 0.6) is 0 Å². The molecule has 0 spiro atoms. The molecule has 190 valence electrons. The molecule has 1 aliphatic heterocycles. The van der Waals surface area contributed by atoms with Gasteiger partial charge in [0.05, 0.1) is 36.2 Å². The van der Waals surface area contributed by atoms with Crippen molar-refractivity contribution in [1.82, 2.24) is 29.8 Å². The van der Waals surface area contributed by atoms with Crippen molar-refractivity contribution in [3.63, 3.8) is 0 Å². The molecule has 4 aromatic rings. The average molecular weight is 497 g/mol. The van der Waals surface area contributed by atoms with Gasteiger partial charge in [-0.2, -0.15) is 0 Å². The third-order valence-electron chi connectivity index (χ3n) is 6.87. The van der Waals surface area contributed by atoms with Gasteiger partial charge in [0.25, 0.3) is 0 Å². The molecule has 0 aliphatic carbocycles.